The van der Waals surface area contributed by atoms with Crippen molar-refractivity contribution >= 4 is 60.9 Å². The molecule has 2 aromatic heterocycles. The van der Waals surface area contributed by atoms with Crippen LogP contribution in [0.3, 0.4) is 0 Å². The third-order valence-electron chi connectivity index (χ3n) is 12.3. The number of hydrogen-bond donors (Lipinski definition) is 0. The molecule has 0 radical (unpaired) electrons. The summed E-state index contributed by atoms with van der Waals surface area (Å²) in [6.07, 6.45) is 0. The zero-order valence-corrected chi connectivity index (χ0v) is 34.3. The molecule has 0 atom stereocenters. The van der Waals surface area contributed by atoms with Gasteiger partial charge in [-0.2, -0.15) is 0 Å². The summed E-state index contributed by atoms with van der Waals surface area (Å²) in [6, 6.07) is 84.3. The summed E-state index contributed by atoms with van der Waals surface area (Å²) >= 11 is 0. The van der Waals surface area contributed by atoms with Crippen molar-refractivity contribution in [2.24, 2.45) is 0 Å². The van der Waals surface area contributed by atoms with E-state index in [2.05, 4.69) is 217 Å². The second-order valence-electron chi connectivity index (χ2n) is 16.0. The van der Waals surface area contributed by atoms with Crippen molar-refractivity contribution in [3.05, 3.63) is 237 Å². The molecule has 0 aliphatic heterocycles. The Morgan fingerprint density at radius 3 is 1.52 bits per heavy atom. The number of fused-ring (bicyclic) bond motifs is 6. The van der Waals surface area contributed by atoms with Crippen molar-refractivity contribution in [3.63, 3.8) is 0 Å². The molecule has 0 saturated carbocycles. The molecule has 0 N–H and O–H groups in total. The topological polar surface area (TPSA) is 29.5 Å². The minimum atomic E-state index is 0.859. The van der Waals surface area contributed by atoms with Crippen molar-refractivity contribution in [2.75, 3.05) is 4.90 Å². The lowest BCUT2D eigenvalue weighted by atomic mass is 9.84. The quantitative estimate of drug-likeness (QED) is 0.153. The molecule has 3 heteroatoms. The molecule has 0 amide bonds. The van der Waals surface area contributed by atoms with Gasteiger partial charge < -0.3 is 13.7 Å². The monoisotopic (exact) mass is 805 g/mol. The third kappa shape index (κ3) is 6.29. The van der Waals surface area contributed by atoms with Gasteiger partial charge in [0, 0.05) is 44.0 Å². The van der Waals surface area contributed by atoms with E-state index in [1.807, 2.05) is 24.3 Å². The second-order valence-corrected chi connectivity index (χ2v) is 16.0. The van der Waals surface area contributed by atoms with Crippen LogP contribution in [-0.4, -0.2) is 0 Å². The number of hydrogen-bond acceptors (Lipinski definition) is 3. The summed E-state index contributed by atoms with van der Waals surface area (Å²) < 4.78 is 12.8. The fourth-order valence-electron chi connectivity index (χ4n) is 9.44. The van der Waals surface area contributed by atoms with Gasteiger partial charge in [-0.1, -0.05) is 188 Å². The lowest BCUT2D eigenvalue weighted by Crippen LogP contribution is -2.11. The van der Waals surface area contributed by atoms with Crippen LogP contribution >= 0.6 is 0 Å². The molecule has 0 aliphatic rings. The van der Waals surface area contributed by atoms with E-state index in [1.54, 1.807) is 0 Å². The Morgan fingerprint density at radius 2 is 0.762 bits per heavy atom. The number of nitrogens with zero attached hydrogens (tertiary/aromatic N) is 1. The lowest BCUT2D eigenvalue weighted by Gasteiger charge is -2.29. The fraction of sp³-hybridized carbons (Fsp3) is 0. The van der Waals surface area contributed by atoms with E-state index >= 15 is 0 Å². The molecule has 0 bridgehead atoms. The van der Waals surface area contributed by atoms with Gasteiger partial charge in [-0.3, -0.25) is 0 Å². The van der Waals surface area contributed by atoms with Gasteiger partial charge >= 0.3 is 0 Å². The highest BCUT2D eigenvalue weighted by Crippen LogP contribution is 2.49. The molecule has 63 heavy (non-hydrogen) atoms. The predicted octanol–water partition coefficient (Wildman–Crippen LogP) is 17.3. The molecule has 12 rings (SSSR count). The summed E-state index contributed by atoms with van der Waals surface area (Å²) in [5.41, 5.74) is 18.1. The number of anilines is 3. The van der Waals surface area contributed by atoms with E-state index in [4.69, 9.17) is 8.83 Å². The number of furan rings is 2. The average Bonchev–Trinajstić information content (AvgIpc) is 3.93. The van der Waals surface area contributed by atoms with Gasteiger partial charge in [0.1, 0.15) is 22.3 Å². The Hall–Kier alpha value is -8.40. The Kier molecular flexibility index (Phi) is 8.83. The van der Waals surface area contributed by atoms with Gasteiger partial charge in [0.15, 0.2) is 0 Å². The Bertz CT molecular complexity index is 3620. The van der Waals surface area contributed by atoms with Crippen LogP contribution in [-0.2, 0) is 0 Å². The number of rotatable bonds is 8. The zero-order chi connectivity index (χ0) is 41.7. The van der Waals surface area contributed by atoms with Crippen molar-refractivity contribution in [3.8, 4) is 55.6 Å². The molecule has 0 fully saturated rings. The summed E-state index contributed by atoms with van der Waals surface area (Å²) in [6.45, 7) is 0. The summed E-state index contributed by atoms with van der Waals surface area (Å²) in [5, 5.41) is 4.40. The normalized spacial score (nSPS) is 11.5. The van der Waals surface area contributed by atoms with Gasteiger partial charge in [-0.25, -0.2) is 0 Å². The van der Waals surface area contributed by atoms with Crippen LogP contribution < -0.4 is 4.90 Å². The Labute approximate surface area is 365 Å². The molecule has 3 nitrogen and oxygen atoms in total. The van der Waals surface area contributed by atoms with Crippen LogP contribution in [0.5, 0.6) is 0 Å². The maximum Gasteiger partial charge on any atom is 0.143 e. The first-order valence-corrected chi connectivity index (χ1v) is 21.4. The first-order valence-electron chi connectivity index (χ1n) is 21.4. The molecule has 10 aromatic carbocycles. The van der Waals surface area contributed by atoms with Crippen LogP contribution in [0, 0.1) is 0 Å². The largest absolute Gasteiger partial charge is 0.456 e. The Balaban J connectivity index is 1.09. The van der Waals surface area contributed by atoms with Gasteiger partial charge in [0.25, 0.3) is 0 Å². The van der Waals surface area contributed by atoms with Crippen molar-refractivity contribution in [1.29, 1.82) is 0 Å². The first kappa shape index (κ1) is 36.5. The highest BCUT2D eigenvalue weighted by atomic mass is 16.3. The smallest absolute Gasteiger partial charge is 0.143 e. The predicted molar refractivity (Wildman–Crippen MR) is 263 cm³/mol. The highest BCUT2D eigenvalue weighted by Gasteiger charge is 2.24. The van der Waals surface area contributed by atoms with Gasteiger partial charge in [0.05, 0.1) is 5.69 Å². The summed E-state index contributed by atoms with van der Waals surface area (Å²) in [5.74, 6) is 0. The first-order chi connectivity index (χ1) is 31.3. The molecule has 0 unspecified atom stereocenters. The van der Waals surface area contributed by atoms with E-state index in [0.29, 0.717) is 0 Å². The SMILES string of the molecule is c1ccc(-c2ccccc2-c2c(-c3ccccc3)cccc2-c2ccccc2N(c2ccc(-c3cccc4c3oc3ccccc34)cc2)c2ccc3oc4ccccc4c3c2)cc1. The minimum absolute atomic E-state index is 0.859. The van der Waals surface area contributed by atoms with Crippen LogP contribution in [0.25, 0.3) is 99.5 Å². The maximum atomic E-state index is 6.49. The maximum absolute atomic E-state index is 6.49. The fourth-order valence-corrected chi connectivity index (χ4v) is 9.44. The van der Waals surface area contributed by atoms with E-state index in [1.165, 1.54) is 33.4 Å². The van der Waals surface area contributed by atoms with E-state index in [9.17, 15) is 0 Å². The van der Waals surface area contributed by atoms with Gasteiger partial charge in [0.2, 0.25) is 0 Å². The van der Waals surface area contributed by atoms with Gasteiger partial charge in [-0.15, -0.1) is 0 Å². The Morgan fingerprint density at radius 1 is 0.270 bits per heavy atom. The van der Waals surface area contributed by atoms with Crippen LogP contribution in [0.2, 0.25) is 0 Å². The van der Waals surface area contributed by atoms with E-state index in [0.717, 1.165) is 83.2 Å². The molecule has 2 heterocycles. The standard InChI is InChI=1S/C60H39NO2/c1-3-17-40(18-4-1)45-21-7-8-25-51(45)59-46(41-19-5-2-6-20-41)26-15-28-52(59)48-22-9-12-30-55(48)61(44-37-38-58-54(39-44)50-24-11-13-31-56(50)62-58)43-35-33-42(34-36-43)47-27-16-29-53-49-23-10-14-32-57(49)63-60(47)53/h1-39H. The van der Waals surface area contributed by atoms with E-state index in [-0.39, 0.29) is 0 Å². The highest BCUT2D eigenvalue weighted by molar-refractivity contribution is 6.10. The third-order valence-corrected chi connectivity index (χ3v) is 12.3. The summed E-state index contributed by atoms with van der Waals surface area (Å²) in [4.78, 5) is 2.39. The van der Waals surface area contributed by atoms with Crippen LogP contribution in [0.4, 0.5) is 17.1 Å². The lowest BCUT2D eigenvalue weighted by molar-refractivity contribution is 0.669. The number of para-hydroxylation sites is 4. The molecular weight excluding hydrogens is 767 g/mol. The molecule has 0 spiro atoms. The van der Waals surface area contributed by atoms with Crippen LogP contribution in [0.1, 0.15) is 0 Å². The molecular formula is C60H39NO2. The van der Waals surface area contributed by atoms with Gasteiger partial charge in [-0.05, 0) is 93.0 Å². The molecule has 12 aromatic rings. The zero-order valence-electron chi connectivity index (χ0n) is 34.3. The van der Waals surface area contributed by atoms with Crippen molar-refractivity contribution < 1.29 is 8.83 Å². The summed E-state index contributed by atoms with van der Waals surface area (Å²) in [7, 11) is 0. The molecule has 0 aliphatic carbocycles. The van der Waals surface area contributed by atoms with Crippen LogP contribution in [0.15, 0.2) is 245 Å². The van der Waals surface area contributed by atoms with E-state index < -0.39 is 0 Å². The molecule has 296 valence electrons. The minimum Gasteiger partial charge on any atom is -0.456 e. The molecule has 0 saturated heterocycles. The second kappa shape index (κ2) is 15.3. The number of benzene rings is 10. The average molecular weight is 806 g/mol. The van der Waals surface area contributed by atoms with Crippen molar-refractivity contribution in [2.45, 2.75) is 0 Å². The van der Waals surface area contributed by atoms with Crippen molar-refractivity contribution in [1.82, 2.24) is 0 Å².